The first kappa shape index (κ1) is 13.4. The Kier molecular flexibility index (Phi) is 3.62. The van der Waals surface area contributed by atoms with Crippen LogP contribution in [0.15, 0.2) is 41.5 Å². The molecule has 1 aromatic rings. The highest BCUT2D eigenvalue weighted by Crippen LogP contribution is 2.40. The molecule has 2 aliphatic rings. The van der Waals surface area contributed by atoms with Gasteiger partial charge in [0.25, 0.3) is 5.91 Å². The van der Waals surface area contributed by atoms with E-state index in [9.17, 15) is 4.79 Å². The Hall–Kier alpha value is -1.61. The zero-order chi connectivity index (χ0) is 14.1. The summed E-state index contributed by atoms with van der Waals surface area (Å²) < 4.78 is 5.65. The molecule has 106 valence electrons. The fraction of sp³-hybridized carbons (Fsp3) is 0.471. The van der Waals surface area contributed by atoms with Crippen LogP contribution in [0.1, 0.15) is 44.2 Å². The van der Waals surface area contributed by atoms with Crippen molar-refractivity contribution in [3.63, 3.8) is 0 Å². The van der Waals surface area contributed by atoms with E-state index in [-0.39, 0.29) is 18.2 Å². The molecule has 0 N–H and O–H groups in total. The largest absolute Gasteiger partial charge is 0.357 e. The summed E-state index contributed by atoms with van der Waals surface area (Å²) in [6.45, 7) is 2.08. The topological polar surface area (TPSA) is 29.5 Å². The summed E-state index contributed by atoms with van der Waals surface area (Å²) in [5, 5.41) is 0. The molecule has 0 bridgehead atoms. The number of carbonyl (C=O) groups is 1. The van der Waals surface area contributed by atoms with Crippen LogP contribution in [0, 0.1) is 0 Å². The molecule has 0 radical (unpaired) electrons. The summed E-state index contributed by atoms with van der Waals surface area (Å²) in [5.41, 5.74) is 3.38. The van der Waals surface area contributed by atoms with Gasteiger partial charge in [-0.15, -0.1) is 0 Å². The lowest BCUT2D eigenvalue weighted by Crippen LogP contribution is -2.38. The number of carbonyl (C=O) groups excluding carboxylic acids is 1. The Balaban J connectivity index is 1.92. The van der Waals surface area contributed by atoms with E-state index >= 15 is 0 Å². The summed E-state index contributed by atoms with van der Waals surface area (Å²) in [6, 6.07) is 10.2. The molecule has 1 heterocycles. The van der Waals surface area contributed by atoms with E-state index in [4.69, 9.17) is 4.74 Å². The molecule has 0 saturated heterocycles. The van der Waals surface area contributed by atoms with Crippen LogP contribution in [0.5, 0.6) is 0 Å². The summed E-state index contributed by atoms with van der Waals surface area (Å²) >= 11 is 0. The minimum Gasteiger partial charge on any atom is -0.357 e. The maximum Gasteiger partial charge on any atom is 0.252 e. The van der Waals surface area contributed by atoms with Crippen molar-refractivity contribution >= 4 is 5.91 Å². The molecule has 0 saturated carbocycles. The van der Waals surface area contributed by atoms with Gasteiger partial charge in [-0.1, -0.05) is 30.3 Å². The molecule has 0 fully saturated rings. The number of rotatable bonds is 3. The van der Waals surface area contributed by atoms with Gasteiger partial charge >= 0.3 is 0 Å². The van der Waals surface area contributed by atoms with Crippen molar-refractivity contribution in [2.45, 2.75) is 44.9 Å². The highest BCUT2D eigenvalue weighted by molar-refractivity contribution is 5.98. The van der Waals surface area contributed by atoms with Crippen molar-refractivity contribution in [2.24, 2.45) is 0 Å². The van der Waals surface area contributed by atoms with Crippen LogP contribution in [-0.2, 0) is 9.53 Å². The molecule has 3 rings (SSSR count). The Bertz CT molecular complexity index is 535. The summed E-state index contributed by atoms with van der Waals surface area (Å²) in [5.74, 6) is 0.169. The maximum atomic E-state index is 12.7. The van der Waals surface area contributed by atoms with Crippen molar-refractivity contribution in [1.82, 2.24) is 4.90 Å². The Morgan fingerprint density at radius 2 is 1.90 bits per heavy atom. The van der Waals surface area contributed by atoms with Gasteiger partial charge in [-0.05, 0) is 43.7 Å². The second-order valence-electron chi connectivity index (χ2n) is 5.60. The van der Waals surface area contributed by atoms with Crippen molar-refractivity contribution in [3.05, 3.63) is 47.0 Å². The van der Waals surface area contributed by atoms with E-state index in [1.54, 1.807) is 7.11 Å². The number of nitrogens with zero attached hydrogens (tertiary/aromatic N) is 1. The smallest absolute Gasteiger partial charge is 0.252 e. The molecule has 0 unspecified atom stereocenters. The average Bonchev–Trinajstić information content (AvgIpc) is 2.80. The Morgan fingerprint density at radius 3 is 2.60 bits per heavy atom. The number of amides is 1. The van der Waals surface area contributed by atoms with Gasteiger partial charge in [-0.2, -0.15) is 0 Å². The first-order chi connectivity index (χ1) is 9.74. The van der Waals surface area contributed by atoms with E-state index in [0.717, 1.165) is 30.4 Å². The number of ether oxygens (including phenoxy) is 1. The van der Waals surface area contributed by atoms with Gasteiger partial charge in [0.1, 0.15) is 0 Å². The monoisotopic (exact) mass is 271 g/mol. The van der Waals surface area contributed by atoms with Crippen LogP contribution in [-0.4, -0.2) is 24.1 Å². The van der Waals surface area contributed by atoms with Crippen molar-refractivity contribution in [2.75, 3.05) is 7.11 Å². The molecule has 3 heteroatoms. The van der Waals surface area contributed by atoms with Gasteiger partial charge in [0.2, 0.25) is 0 Å². The molecule has 3 nitrogen and oxygen atoms in total. The van der Waals surface area contributed by atoms with Gasteiger partial charge in [0.15, 0.2) is 6.23 Å². The number of hydrogen-bond acceptors (Lipinski definition) is 2. The normalized spacial score (nSPS) is 24.0. The van der Waals surface area contributed by atoms with Crippen LogP contribution in [0.3, 0.4) is 0 Å². The lowest BCUT2D eigenvalue weighted by Gasteiger charge is -2.31. The van der Waals surface area contributed by atoms with Gasteiger partial charge in [-0.25, -0.2) is 0 Å². The number of benzene rings is 1. The van der Waals surface area contributed by atoms with Crippen molar-refractivity contribution < 1.29 is 9.53 Å². The van der Waals surface area contributed by atoms with Gasteiger partial charge < -0.3 is 9.64 Å². The first-order valence-electron chi connectivity index (χ1n) is 7.36. The highest BCUT2D eigenvalue weighted by Gasteiger charge is 2.42. The molecular formula is C17H21NO2. The zero-order valence-corrected chi connectivity index (χ0v) is 12.1. The molecule has 1 aliphatic carbocycles. The van der Waals surface area contributed by atoms with Crippen LogP contribution in [0.25, 0.3) is 0 Å². The van der Waals surface area contributed by atoms with Crippen molar-refractivity contribution in [3.8, 4) is 0 Å². The minimum absolute atomic E-state index is 0.0410. The predicted octanol–water partition coefficient (Wildman–Crippen LogP) is 3.43. The number of hydrogen-bond donors (Lipinski definition) is 0. The standard InChI is InChI=1S/C17H21NO2/c1-12(13-8-4-3-5-9-13)18-16(19)14-10-6-7-11-15(14)17(18)20-2/h3-5,8-9,12,17H,6-7,10-11H2,1-2H3/t12-,17-/m1/s1. The fourth-order valence-electron chi connectivity index (χ4n) is 3.40. The quantitative estimate of drug-likeness (QED) is 0.843. The third kappa shape index (κ3) is 2.06. The molecule has 0 spiro atoms. The maximum absolute atomic E-state index is 12.7. The molecular weight excluding hydrogens is 250 g/mol. The Morgan fingerprint density at radius 1 is 1.20 bits per heavy atom. The average molecular weight is 271 g/mol. The van der Waals surface area contributed by atoms with E-state index in [0.29, 0.717) is 0 Å². The Labute approximate surface area is 120 Å². The van der Waals surface area contributed by atoms with Gasteiger partial charge in [-0.3, -0.25) is 4.79 Å². The van der Waals surface area contributed by atoms with E-state index in [1.165, 1.54) is 12.0 Å². The van der Waals surface area contributed by atoms with Crippen LogP contribution in [0.4, 0.5) is 0 Å². The molecule has 1 aromatic carbocycles. The zero-order valence-electron chi connectivity index (χ0n) is 12.1. The second kappa shape index (κ2) is 5.41. The molecule has 1 aliphatic heterocycles. The molecule has 1 amide bonds. The first-order valence-corrected chi connectivity index (χ1v) is 7.36. The van der Waals surface area contributed by atoms with Gasteiger partial charge in [0, 0.05) is 12.7 Å². The minimum atomic E-state index is -0.173. The van der Waals surface area contributed by atoms with E-state index < -0.39 is 0 Å². The number of methoxy groups -OCH3 is 1. The van der Waals surface area contributed by atoms with Crippen LogP contribution < -0.4 is 0 Å². The third-order valence-corrected chi connectivity index (χ3v) is 4.48. The lowest BCUT2D eigenvalue weighted by atomic mass is 9.93. The summed E-state index contributed by atoms with van der Waals surface area (Å²) in [7, 11) is 1.70. The molecule has 2 atom stereocenters. The lowest BCUT2D eigenvalue weighted by molar-refractivity contribution is -0.137. The molecule has 0 aromatic heterocycles. The third-order valence-electron chi connectivity index (χ3n) is 4.48. The van der Waals surface area contributed by atoms with Gasteiger partial charge in [0.05, 0.1) is 6.04 Å². The second-order valence-corrected chi connectivity index (χ2v) is 5.60. The predicted molar refractivity (Wildman–Crippen MR) is 78.0 cm³/mol. The van der Waals surface area contributed by atoms with E-state index in [2.05, 4.69) is 19.1 Å². The van der Waals surface area contributed by atoms with Crippen molar-refractivity contribution in [1.29, 1.82) is 0 Å². The summed E-state index contributed by atoms with van der Waals surface area (Å²) in [6.07, 6.45) is 4.02. The summed E-state index contributed by atoms with van der Waals surface area (Å²) in [4.78, 5) is 14.6. The highest BCUT2D eigenvalue weighted by atomic mass is 16.5. The fourth-order valence-corrected chi connectivity index (χ4v) is 3.40. The van der Waals surface area contributed by atoms with E-state index in [1.807, 2.05) is 23.1 Å². The van der Waals surface area contributed by atoms with Crippen LogP contribution >= 0.6 is 0 Å². The molecule has 20 heavy (non-hydrogen) atoms. The SMILES string of the molecule is CO[C@@H]1C2=C(CCCC2)C(=O)N1[C@H](C)c1ccccc1. The van der Waals surface area contributed by atoms with Crippen LogP contribution in [0.2, 0.25) is 0 Å².